The van der Waals surface area contributed by atoms with E-state index in [1.165, 1.54) is 0 Å². The van der Waals surface area contributed by atoms with Gasteiger partial charge in [-0.15, -0.1) is 0 Å². The molecular formula is C18H30O6. The second-order valence-electron chi connectivity index (χ2n) is 6.76. The highest BCUT2D eigenvalue weighted by atomic mass is 16.6. The van der Waals surface area contributed by atoms with Gasteiger partial charge in [-0.25, -0.2) is 4.79 Å². The van der Waals surface area contributed by atoms with Crippen LogP contribution in [0.4, 0.5) is 0 Å². The van der Waals surface area contributed by atoms with E-state index in [0.717, 1.165) is 0 Å². The Bertz CT molecular complexity index is 445. The summed E-state index contributed by atoms with van der Waals surface area (Å²) < 4.78 is 15.0. The van der Waals surface area contributed by atoms with Crippen molar-refractivity contribution in [1.29, 1.82) is 0 Å². The van der Waals surface area contributed by atoms with Crippen LogP contribution >= 0.6 is 0 Å². The lowest BCUT2D eigenvalue weighted by Gasteiger charge is -2.17. The number of ether oxygens (including phenoxy) is 3. The van der Waals surface area contributed by atoms with E-state index in [0.29, 0.717) is 31.4 Å². The Balaban J connectivity index is 3.63. The summed E-state index contributed by atoms with van der Waals surface area (Å²) in [6, 6.07) is 0. The van der Waals surface area contributed by atoms with Gasteiger partial charge in [0.2, 0.25) is 0 Å². The Hall–Kier alpha value is -1.85. The van der Waals surface area contributed by atoms with Crippen molar-refractivity contribution in [2.24, 2.45) is 5.41 Å². The molecule has 0 unspecified atom stereocenters. The van der Waals surface area contributed by atoms with Crippen LogP contribution in [0.15, 0.2) is 11.6 Å². The van der Waals surface area contributed by atoms with Crippen LogP contribution in [0.3, 0.4) is 0 Å². The van der Waals surface area contributed by atoms with Crippen LogP contribution in [0.25, 0.3) is 0 Å². The van der Waals surface area contributed by atoms with Crippen LogP contribution in [0.1, 0.15) is 60.3 Å². The highest BCUT2D eigenvalue weighted by Crippen LogP contribution is 2.13. The van der Waals surface area contributed by atoms with Gasteiger partial charge in [0.25, 0.3) is 0 Å². The summed E-state index contributed by atoms with van der Waals surface area (Å²) in [6.45, 7) is 9.84. The summed E-state index contributed by atoms with van der Waals surface area (Å²) in [5.41, 5.74) is 0.466. The minimum atomic E-state index is -0.415. The molecule has 0 amide bonds. The smallest absolute Gasteiger partial charge is 0.333 e. The van der Waals surface area contributed by atoms with Gasteiger partial charge in [0, 0.05) is 18.4 Å². The van der Waals surface area contributed by atoms with E-state index in [2.05, 4.69) is 0 Å². The normalized spacial score (nSPS) is 11.8. The number of carbonyl (C=O) groups excluding carboxylic acids is 3. The number of hydrogen-bond donors (Lipinski definition) is 0. The van der Waals surface area contributed by atoms with Gasteiger partial charge in [0.05, 0.1) is 6.61 Å². The van der Waals surface area contributed by atoms with Gasteiger partial charge in [-0.3, -0.25) is 9.59 Å². The van der Waals surface area contributed by atoms with Crippen molar-refractivity contribution in [2.75, 3.05) is 19.8 Å². The molecule has 0 spiro atoms. The SMILES string of the molecule is CC=C(C)C(=O)OCCOC(=O)CCCCC(=O)OCC(C)(C)C. The maximum atomic E-state index is 11.5. The van der Waals surface area contributed by atoms with E-state index < -0.39 is 5.97 Å². The summed E-state index contributed by atoms with van der Waals surface area (Å²) in [6.07, 6.45) is 3.31. The molecule has 138 valence electrons. The van der Waals surface area contributed by atoms with E-state index >= 15 is 0 Å². The van der Waals surface area contributed by atoms with Crippen LogP contribution in [0, 0.1) is 5.41 Å². The fraction of sp³-hybridized carbons (Fsp3) is 0.722. The van der Waals surface area contributed by atoms with Gasteiger partial charge < -0.3 is 14.2 Å². The Labute approximate surface area is 144 Å². The second-order valence-corrected chi connectivity index (χ2v) is 6.76. The van der Waals surface area contributed by atoms with Crippen molar-refractivity contribution >= 4 is 17.9 Å². The maximum absolute atomic E-state index is 11.5. The molecule has 0 N–H and O–H groups in total. The molecule has 0 saturated heterocycles. The number of unbranched alkanes of at least 4 members (excludes halogenated alkanes) is 1. The average molecular weight is 342 g/mol. The van der Waals surface area contributed by atoms with Crippen LogP contribution in [-0.2, 0) is 28.6 Å². The molecule has 0 saturated carbocycles. The lowest BCUT2D eigenvalue weighted by Crippen LogP contribution is -2.18. The van der Waals surface area contributed by atoms with Crippen LogP contribution in [0.2, 0.25) is 0 Å². The Morgan fingerprint density at radius 1 is 0.875 bits per heavy atom. The Morgan fingerprint density at radius 2 is 1.38 bits per heavy atom. The van der Waals surface area contributed by atoms with Crippen molar-refractivity contribution < 1.29 is 28.6 Å². The third kappa shape index (κ3) is 12.7. The topological polar surface area (TPSA) is 78.9 Å². The van der Waals surface area contributed by atoms with Gasteiger partial charge in [0.1, 0.15) is 13.2 Å². The molecule has 0 aromatic carbocycles. The van der Waals surface area contributed by atoms with E-state index in [9.17, 15) is 14.4 Å². The molecule has 0 fully saturated rings. The first-order valence-electron chi connectivity index (χ1n) is 8.27. The molecule has 0 rings (SSSR count). The van der Waals surface area contributed by atoms with E-state index in [4.69, 9.17) is 14.2 Å². The monoisotopic (exact) mass is 342 g/mol. The first-order chi connectivity index (χ1) is 11.2. The zero-order chi connectivity index (χ0) is 18.6. The van der Waals surface area contributed by atoms with Crippen LogP contribution < -0.4 is 0 Å². The lowest BCUT2D eigenvalue weighted by atomic mass is 9.99. The largest absolute Gasteiger partial charge is 0.465 e. The summed E-state index contributed by atoms with van der Waals surface area (Å²) >= 11 is 0. The molecule has 6 heteroatoms. The third-order valence-electron chi connectivity index (χ3n) is 3.01. The molecular weight excluding hydrogens is 312 g/mol. The minimum Gasteiger partial charge on any atom is -0.465 e. The molecule has 0 aliphatic carbocycles. The van der Waals surface area contributed by atoms with E-state index in [-0.39, 0.29) is 37.0 Å². The van der Waals surface area contributed by atoms with Gasteiger partial charge in [0.15, 0.2) is 0 Å². The first-order valence-corrected chi connectivity index (χ1v) is 8.27. The average Bonchev–Trinajstić information content (AvgIpc) is 2.51. The fourth-order valence-electron chi connectivity index (χ4n) is 1.50. The van der Waals surface area contributed by atoms with Crippen LogP contribution in [0.5, 0.6) is 0 Å². The molecule has 0 heterocycles. The van der Waals surface area contributed by atoms with Gasteiger partial charge in [-0.05, 0) is 32.1 Å². The van der Waals surface area contributed by atoms with Crippen molar-refractivity contribution in [3.8, 4) is 0 Å². The lowest BCUT2D eigenvalue weighted by molar-refractivity contribution is -0.150. The number of rotatable bonds is 10. The summed E-state index contributed by atoms with van der Waals surface area (Å²) in [5, 5.41) is 0. The third-order valence-corrected chi connectivity index (χ3v) is 3.01. The van der Waals surface area contributed by atoms with Gasteiger partial charge in [-0.2, -0.15) is 0 Å². The minimum absolute atomic E-state index is 0.0366. The molecule has 0 aromatic rings. The zero-order valence-electron chi connectivity index (χ0n) is 15.5. The number of esters is 3. The summed E-state index contributed by atoms with van der Waals surface area (Å²) in [7, 11) is 0. The molecule has 0 aliphatic rings. The predicted octanol–water partition coefficient (Wildman–Crippen LogP) is 3.19. The fourth-order valence-corrected chi connectivity index (χ4v) is 1.50. The molecule has 0 bridgehead atoms. The highest BCUT2D eigenvalue weighted by Gasteiger charge is 2.13. The number of carbonyl (C=O) groups is 3. The summed E-state index contributed by atoms with van der Waals surface area (Å²) in [4.78, 5) is 34.3. The molecule has 24 heavy (non-hydrogen) atoms. The Morgan fingerprint density at radius 3 is 1.88 bits per heavy atom. The predicted molar refractivity (Wildman–Crippen MR) is 90.2 cm³/mol. The zero-order valence-corrected chi connectivity index (χ0v) is 15.5. The van der Waals surface area contributed by atoms with Crippen molar-refractivity contribution in [3.05, 3.63) is 11.6 Å². The van der Waals surface area contributed by atoms with Gasteiger partial charge in [-0.1, -0.05) is 26.8 Å². The standard InChI is InChI=1S/C18H30O6/c1-6-14(2)17(21)23-12-11-22-15(19)9-7-8-10-16(20)24-13-18(3,4)5/h6H,7-13H2,1-5H3. The molecule has 6 nitrogen and oxygen atoms in total. The number of hydrogen-bond acceptors (Lipinski definition) is 6. The maximum Gasteiger partial charge on any atom is 0.333 e. The van der Waals surface area contributed by atoms with Crippen LogP contribution in [-0.4, -0.2) is 37.7 Å². The van der Waals surface area contributed by atoms with E-state index in [1.54, 1.807) is 19.9 Å². The quantitative estimate of drug-likeness (QED) is 0.262. The number of allylic oxidation sites excluding steroid dienone is 1. The van der Waals surface area contributed by atoms with Crippen molar-refractivity contribution in [1.82, 2.24) is 0 Å². The molecule has 0 radical (unpaired) electrons. The highest BCUT2D eigenvalue weighted by molar-refractivity contribution is 5.87. The Kier molecular flexibility index (Phi) is 10.8. The first kappa shape index (κ1) is 22.1. The summed E-state index contributed by atoms with van der Waals surface area (Å²) in [5.74, 6) is -1.02. The molecule has 0 atom stereocenters. The molecule has 0 aromatic heterocycles. The second kappa shape index (κ2) is 11.6. The van der Waals surface area contributed by atoms with Gasteiger partial charge >= 0.3 is 17.9 Å². The molecule has 0 aliphatic heterocycles. The van der Waals surface area contributed by atoms with E-state index in [1.807, 2.05) is 20.8 Å². The van der Waals surface area contributed by atoms with Crippen molar-refractivity contribution in [2.45, 2.75) is 60.3 Å². The van der Waals surface area contributed by atoms with Crippen molar-refractivity contribution in [3.63, 3.8) is 0 Å².